The number of aryl methyl sites for hydroxylation is 3. The van der Waals surface area contributed by atoms with Gasteiger partial charge in [-0.1, -0.05) is 75.7 Å². The maximum atomic E-state index is 4.30. The molecule has 0 aliphatic heterocycles. The molecule has 0 saturated carbocycles. The van der Waals surface area contributed by atoms with Gasteiger partial charge in [-0.15, -0.1) is 95.6 Å². The van der Waals surface area contributed by atoms with E-state index in [0.29, 0.717) is 0 Å². The van der Waals surface area contributed by atoms with Crippen LogP contribution in [0.3, 0.4) is 0 Å². The Morgan fingerprint density at radius 1 is 0.476 bits per heavy atom. The SMILES string of the molecule is Cc1ccnc(-c2[c-]ccc(Br)c2)c1.Cc1ccnc(-c2[c-]ccc(Br)c2)c1.Cc1ccnc(-c2[c-]cccc2)c1.[Ir+3]. The van der Waals surface area contributed by atoms with Gasteiger partial charge < -0.3 is 15.0 Å². The van der Waals surface area contributed by atoms with Crippen LogP contribution in [-0.2, 0) is 20.1 Å². The van der Waals surface area contributed by atoms with Crippen molar-refractivity contribution in [2.24, 2.45) is 0 Å². The molecule has 0 saturated heterocycles. The van der Waals surface area contributed by atoms with Crippen molar-refractivity contribution < 1.29 is 20.1 Å². The number of hydrogen-bond acceptors (Lipinski definition) is 3. The first kappa shape index (κ1) is 33.2. The smallest absolute Gasteiger partial charge is 0.305 e. The van der Waals surface area contributed by atoms with Crippen LogP contribution in [0.2, 0.25) is 0 Å². The van der Waals surface area contributed by atoms with Crippen molar-refractivity contribution in [3.63, 3.8) is 0 Å². The molecule has 42 heavy (non-hydrogen) atoms. The first-order valence-electron chi connectivity index (χ1n) is 13.0. The summed E-state index contributed by atoms with van der Waals surface area (Å²) in [5.74, 6) is 0. The van der Waals surface area contributed by atoms with Gasteiger partial charge in [0.05, 0.1) is 0 Å². The Morgan fingerprint density at radius 3 is 1.24 bits per heavy atom. The van der Waals surface area contributed by atoms with Crippen molar-refractivity contribution in [3.8, 4) is 33.8 Å². The van der Waals surface area contributed by atoms with Crippen LogP contribution >= 0.6 is 31.9 Å². The van der Waals surface area contributed by atoms with Crippen LogP contribution in [0.4, 0.5) is 0 Å². The summed E-state index contributed by atoms with van der Waals surface area (Å²) >= 11 is 6.86. The molecule has 0 atom stereocenters. The van der Waals surface area contributed by atoms with E-state index in [2.05, 4.69) is 104 Å². The van der Waals surface area contributed by atoms with Gasteiger partial charge in [0.15, 0.2) is 0 Å². The molecule has 3 heterocycles. The molecule has 6 rings (SSSR count). The molecule has 0 spiro atoms. The van der Waals surface area contributed by atoms with Crippen molar-refractivity contribution in [1.29, 1.82) is 0 Å². The molecule has 3 nitrogen and oxygen atoms in total. The predicted molar refractivity (Wildman–Crippen MR) is 175 cm³/mol. The van der Waals surface area contributed by atoms with Crippen LogP contribution in [0.1, 0.15) is 16.7 Å². The molecule has 0 aliphatic rings. The van der Waals surface area contributed by atoms with Crippen LogP contribution in [0.5, 0.6) is 0 Å². The van der Waals surface area contributed by atoms with E-state index in [-0.39, 0.29) is 20.1 Å². The molecule has 6 aromatic rings. The fourth-order valence-corrected chi connectivity index (χ4v) is 4.50. The van der Waals surface area contributed by atoms with Gasteiger partial charge in [-0.25, -0.2) is 0 Å². The fourth-order valence-electron chi connectivity index (χ4n) is 3.78. The van der Waals surface area contributed by atoms with E-state index >= 15 is 0 Å². The summed E-state index contributed by atoms with van der Waals surface area (Å²) in [6, 6.07) is 41.2. The number of benzene rings is 3. The number of halogens is 2. The molecule has 0 radical (unpaired) electrons. The van der Waals surface area contributed by atoms with Crippen molar-refractivity contribution in [2.45, 2.75) is 20.8 Å². The van der Waals surface area contributed by atoms with E-state index in [4.69, 9.17) is 0 Å². The molecule has 3 aromatic carbocycles. The summed E-state index contributed by atoms with van der Waals surface area (Å²) in [6.07, 6.45) is 5.46. The summed E-state index contributed by atoms with van der Waals surface area (Å²) in [5, 5.41) is 0. The predicted octanol–water partition coefficient (Wildman–Crippen LogP) is 10.1. The second kappa shape index (κ2) is 17.0. The third-order valence-electron chi connectivity index (χ3n) is 5.81. The first-order valence-corrected chi connectivity index (χ1v) is 14.6. The second-order valence-corrected chi connectivity index (χ2v) is 11.1. The molecular weight excluding hydrogens is 826 g/mol. The fraction of sp³-hybridized carbons (Fsp3) is 0.0833. The monoisotopic (exact) mass is 853 g/mol. The molecule has 3 aromatic heterocycles. The molecule has 0 aliphatic carbocycles. The topological polar surface area (TPSA) is 38.7 Å². The normalized spacial score (nSPS) is 9.83. The summed E-state index contributed by atoms with van der Waals surface area (Å²) < 4.78 is 2.10. The minimum absolute atomic E-state index is 0. The Hall–Kier alpha value is -3.28. The molecule has 6 heteroatoms. The molecule has 0 bridgehead atoms. The standard InChI is InChI=1S/2C12H9BrN.C12H10N.Ir/c2*1-9-5-6-14-12(7-9)10-3-2-4-11(13)8-10;1-10-7-8-13-12(9-10)11-5-3-2-4-6-11;/h2*2,4-8H,1H3;2-5,7-9H,1H3;/q3*-1;+3. The molecule has 0 N–H and O–H groups in total. The number of nitrogens with zero attached hydrogens (tertiary/aromatic N) is 3. The zero-order chi connectivity index (χ0) is 29.0. The number of hydrogen-bond donors (Lipinski definition) is 0. The van der Waals surface area contributed by atoms with Crippen LogP contribution < -0.4 is 0 Å². The zero-order valence-corrected chi connectivity index (χ0v) is 29.0. The zero-order valence-electron chi connectivity index (χ0n) is 23.4. The van der Waals surface area contributed by atoms with Gasteiger partial charge in [0.25, 0.3) is 0 Å². The Labute approximate surface area is 279 Å². The van der Waals surface area contributed by atoms with Gasteiger partial charge in [0, 0.05) is 18.6 Å². The third-order valence-corrected chi connectivity index (χ3v) is 6.80. The minimum Gasteiger partial charge on any atom is -0.305 e. The average Bonchev–Trinajstić information content (AvgIpc) is 2.98. The number of pyridine rings is 3. The van der Waals surface area contributed by atoms with Gasteiger partial charge >= 0.3 is 20.1 Å². The van der Waals surface area contributed by atoms with Crippen LogP contribution in [-0.4, -0.2) is 15.0 Å². The van der Waals surface area contributed by atoms with Gasteiger partial charge in [-0.05, 0) is 56.1 Å². The number of rotatable bonds is 3. The van der Waals surface area contributed by atoms with Crippen molar-refractivity contribution >= 4 is 31.9 Å². The maximum absolute atomic E-state index is 4.30. The first-order chi connectivity index (χ1) is 19.9. The van der Waals surface area contributed by atoms with E-state index in [0.717, 1.165) is 42.7 Å². The van der Waals surface area contributed by atoms with Crippen molar-refractivity contribution in [3.05, 3.63) is 159 Å². The molecule has 0 unspecified atom stereocenters. The molecular formula is C36H28Br2IrN3. The third kappa shape index (κ3) is 10.5. The van der Waals surface area contributed by atoms with Crippen LogP contribution in [0, 0.1) is 39.0 Å². The Balaban J connectivity index is 0.000000171. The van der Waals surface area contributed by atoms with E-state index in [1.807, 2.05) is 97.5 Å². The van der Waals surface area contributed by atoms with Crippen LogP contribution in [0.15, 0.2) is 125 Å². The maximum Gasteiger partial charge on any atom is 3.00 e. The summed E-state index contributed by atoms with van der Waals surface area (Å²) in [4.78, 5) is 12.9. The van der Waals surface area contributed by atoms with Crippen molar-refractivity contribution in [2.75, 3.05) is 0 Å². The minimum atomic E-state index is 0. The van der Waals surface area contributed by atoms with E-state index in [1.54, 1.807) is 0 Å². The summed E-state index contributed by atoms with van der Waals surface area (Å²) in [6.45, 7) is 6.18. The van der Waals surface area contributed by atoms with Crippen molar-refractivity contribution in [1.82, 2.24) is 15.0 Å². The van der Waals surface area contributed by atoms with Gasteiger partial charge in [-0.2, -0.15) is 0 Å². The quantitative estimate of drug-likeness (QED) is 0.167. The Kier molecular flexibility index (Phi) is 13.4. The van der Waals surface area contributed by atoms with Crippen LogP contribution in [0.25, 0.3) is 33.8 Å². The van der Waals surface area contributed by atoms with E-state index < -0.39 is 0 Å². The number of aromatic nitrogens is 3. The molecule has 0 amide bonds. The molecule has 0 fully saturated rings. The van der Waals surface area contributed by atoms with Gasteiger partial charge in [0.2, 0.25) is 0 Å². The average molecular weight is 855 g/mol. The summed E-state index contributed by atoms with van der Waals surface area (Å²) in [5.41, 5.74) is 9.64. The Morgan fingerprint density at radius 2 is 0.881 bits per heavy atom. The Bertz CT molecular complexity index is 1530. The van der Waals surface area contributed by atoms with E-state index in [9.17, 15) is 0 Å². The van der Waals surface area contributed by atoms with E-state index in [1.165, 1.54) is 16.7 Å². The molecule has 210 valence electrons. The van der Waals surface area contributed by atoms with Gasteiger partial charge in [0.1, 0.15) is 0 Å². The summed E-state index contributed by atoms with van der Waals surface area (Å²) in [7, 11) is 0. The largest absolute Gasteiger partial charge is 3.00 e. The van der Waals surface area contributed by atoms with Gasteiger partial charge in [-0.3, -0.25) is 0 Å². The second-order valence-electron chi connectivity index (χ2n) is 9.27.